The van der Waals surface area contributed by atoms with Gasteiger partial charge in [0.2, 0.25) is 0 Å². The molecule has 0 aliphatic carbocycles. The average molecular weight is 373 g/mol. The lowest BCUT2D eigenvalue weighted by atomic mass is 10.0. The summed E-state index contributed by atoms with van der Waals surface area (Å²) < 4.78 is 0. The maximum Gasteiger partial charge on any atom is 0.330 e. The second kappa shape index (κ2) is 8.06. The quantitative estimate of drug-likeness (QED) is 0.868. The molecule has 3 rings (SSSR count). The van der Waals surface area contributed by atoms with Crippen LogP contribution in [0.4, 0.5) is 16.3 Å². The zero-order chi connectivity index (χ0) is 18.7. The Kier molecular flexibility index (Phi) is 5.79. The number of pyridine rings is 1. The molecule has 1 saturated heterocycles. The molecule has 2 aromatic rings. The number of hydrogen-bond acceptors (Lipinski definition) is 3. The molecule has 1 N–H and O–H groups in total. The lowest BCUT2D eigenvalue weighted by Crippen LogP contribution is -2.55. The lowest BCUT2D eigenvalue weighted by molar-refractivity contribution is 0.173. The van der Waals surface area contributed by atoms with Gasteiger partial charge in [0.25, 0.3) is 0 Å². The molecule has 1 aliphatic rings. The van der Waals surface area contributed by atoms with E-state index >= 15 is 0 Å². The van der Waals surface area contributed by atoms with Crippen LogP contribution in [0.2, 0.25) is 5.02 Å². The maximum absolute atomic E-state index is 13.4. The zero-order valence-corrected chi connectivity index (χ0v) is 16.2. The molecule has 1 atom stereocenters. The van der Waals surface area contributed by atoms with E-state index in [-0.39, 0.29) is 12.1 Å². The number of aromatic nitrogens is 1. The summed E-state index contributed by atoms with van der Waals surface area (Å²) in [4.78, 5) is 21.3. The van der Waals surface area contributed by atoms with Crippen molar-refractivity contribution in [2.45, 2.75) is 32.7 Å². The number of piperazine rings is 1. The number of nitrogens with zero attached hydrogens (tertiary/aromatic N) is 3. The van der Waals surface area contributed by atoms with Crippen molar-refractivity contribution in [3.8, 4) is 0 Å². The monoisotopic (exact) mass is 372 g/mol. The first kappa shape index (κ1) is 18.7. The first-order valence-corrected chi connectivity index (χ1v) is 9.38. The Morgan fingerprint density at radius 1 is 1.31 bits per heavy atom. The summed E-state index contributed by atoms with van der Waals surface area (Å²) in [5.41, 5.74) is 1.99. The van der Waals surface area contributed by atoms with Crippen molar-refractivity contribution < 1.29 is 4.79 Å². The standard InChI is InChI=1S/C20H25ClN4O/c1-14(2)16-6-8-17(9-7-16)25(19-18(21)5-4-10-23-19)20(26)24-12-11-22-13-15(24)3/h4-10,14-15,22H,11-13H2,1-3H3/t15-/m0/s1. The van der Waals surface area contributed by atoms with Gasteiger partial charge in [0.1, 0.15) is 0 Å². The number of carbonyl (C=O) groups is 1. The summed E-state index contributed by atoms with van der Waals surface area (Å²) >= 11 is 6.38. The predicted molar refractivity (Wildman–Crippen MR) is 106 cm³/mol. The number of carbonyl (C=O) groups excluding carboxylic acids is 1. The van der Waals surface area contributed by atoms with Gasteiger partial charge in [0.05, 0.1) is 10.7 Å². The fourth-order valence-corrected chi connectivity index (χ4v) is 3.33. The molecule has 0 saturated carbocycles. The minimum Gasteiger partial charge on any atom is -0.319 e. The highest BCUT2D eigenvalue weighted by Crippen LogP contribution is 2.32. The van der Waals surface area contributed by atoms with Gasteiger partial charge in [-0.05, 0) is 42.7 Å². The minimum absolute atomic E-state index is 0.100. The first-order chi connectivity index (χ1) is 12.5. The molecular formula is C20H25ClN4O. The van der Waals surface area contributed by atoms with E-state index in [2.05, 4.69) is 36.3 Å². The number of hydrogen-bond donors (Lipinski definition) is 1. The minimum atomic E-state index is -0.100. The van der Waals surface area contributed by atoms with Gasteiger partial charge in [-0.25, -0.2) is 14.7 Å². The summed E-state index contributed by atoms with van der Waals surface area (Å²) in [6.45, 7) is 8.56. The largest absolute Gasteiger partial charge is 0.330 e. The van der Waals surface area contributed by atoms with Crippen LogP contribution in [-0.4, -0.2) is 41.6 Å². The Hall–Kier alpha value is -2.11. The molecular weight excluding hydrogens is 348 g/mol. The molecule has 2 amide bonds. The number of urea groups is 1. The van der Waals surface area contributed by atoms with E-state index in [0.29, 0.717) is 23.3 Å². The third-order valence-corrected chi connectivity index (χ3v) is 5.00. The van der Waals surface area contributed by atoms with E-state index in [1.165, 1.54) is 5.56 Å². The topological polar surface area (TPSA) is 48.5 Å². The summed E-state index contributed by atoms with van der Waals surface area (Å²) in [6, 6.07) is 11.6. The molecule has 1 aromatic heterocycles. The van der Waals surface area contributed by atoms with Crippen molar-refractivity contribution >= 4 is 29.1 Å². The highest BCUT2D eigenvalue weighted by atomic mass is 35.5. The Balaban J connectivity index is 2.02. The van der Waals surface area contributed by atoms with Crippen molar-refractivity contribution in [2.24, 2.45) is 0 Å². The van der Waals surface area contributed by atoms with Crippen LogP contribution < -0.4 is 10.2 Å². The van der Waals surface area contributed by atoms with Gasteiger partial charge in [0, 0.05) is 31.9 Å². The van der Waals surface area contributed by atoms with Crippen LogP contribution >= 0.6 is 11.6 Å². The molecule has 26 heavy (non-hydrogen) atoms. The van der Waals surface area contributed by atoms with E-state index in [1.54, 1.807) is 23.2 Å². The van der Waals surface area contributed by atoms with E-state index in [4.69, 9.17) is 11.6 Å². The molecule has 1 aliphatic heterocycles. The highest BCUT2D eigenvalue weighted by Gasteiger charge is 2.30. The summed E-state index contributed by atoms with van der Waals surface area (Å²) in [6.07, 6.45) is 1.66. The Labute approximate surface area is 160 Å². The molecule has 6 heteroatoms. The third-order valence-electron chi connectivity index (χ3n) is 4.71. The van der Waals surface area contributed by atoms with E-state index in [0.717, 1.165) is 18.8 Å². The van der Waals surface area contributed by atoms with Crippen molar-refractivity contribution in [2.75, 3.05) is 24.5 Å². The van der Waals surface area contributed by atoms with E-state index in [9.17, 15) is 4.79 Å². The molecule has 0 radical (unpaired) electrons. The molecule has 1 aromatic carbocycles. The molecule has 0 spiro atoms. The molecule has 138 valence electrons. The average Bonchev–Trinajstić information content (AvgIpc) is 2.64. The molecule has 0 unspecified atom stereocenters. The summed E-state index contributed by atoms with van der Waals surface area (Å²) in [5.74, 6) is 0.891. The SMILES string of the molecule is CC(C)c1ccc(N(C(=O)N2CCNC[C@@H]2C)c2ncccc2Cl)cc1. The fraction of sp³-hybridized carbons (Fsp3) is 0.400. The molecule has 1 fully saturated rings. The van der Waals surface area contributed by atoms with Gasteiger partial charge < -0.3 is 10.2 Å². The van der Waals surface area contributed by atoms with Gasteiger partial charge in [-0.15, -0.1) is 0 Å². The van der Waals surface area contributed by atoms with Crippen LogP contribution in [0.15, 0.2) is 42.6 Å². The second-order valence-electron chi connectivity index (χ2n) is 6.92. The number of anilines is 2. The van der Waals surface area contributed by atoms with Crippen LogP contribution in [-0.2, 0) is 0 Å². The Bertz CT molecular complexity index is 763. The van der Waals surface area contributed by atoms with Crippen molar-refractivity contribution in [1.82, 2.24) is 15.2 Å². The van der Waals surface area contributed by atoms with Gasteiger partial charge in [-0.2, -0.15) is 0 Å². The normalized spacial score (nSPS) is 17.4. The number of halogens is 1. The predicted octanol–water partition coefficient (Wildman–Crippen LogP) is 4.41. The Morgan fingerprint density at radius 2 is 2.04 bits per heavy atom. The van der Waals surface area contributed by atoms with Crippen molar-refractivity contribution in [1.29, 1.82) is 0 Å². The van der Waals surface area contributed by atoms with Crippen molar-refractivity contribution in [3.05, 3.63) is 53.2 Å². The zero-order valence-electron chi connectivity index (χ0n) is 15.4. The Morgan fingerprint density at radius 3 is 2.65 bits per heavy atom. The third kappa shape index (κ3) is 3.84. The first-order valence-electron chi connectivity index (χ1n) is 9.01. The molecule has 0 bridgehead atoms. The number of benzene rings is 1. The van der Waals surface area contributed by atoms with Crippen LogP contribution in [0.25, 0.3) is 0 Å². The molecule has 5 nitrogen and oxygen atoms in total. The smallest absolute Gasteiger partial charge is 0.319 e. The van der Waals surface area contributed by atoms with Crippen LogP contribution in [0.1, 0.15) is 32.3 Å². The van der Waals surface area contributed by atoms with E-state index < -0.39 is 0 Å². The fourth-order valence-electron chi connectivity index (χ4n) is 3.13. The van der Waals surface area contributed by atoms with Crippen LogP contribution in [0.3, 0.4) is 0 Å². The second-order valence-corrected chi connectivity index (χ2v) is 7.33. The lowest BCUT2D eigenvalue weighted by Gasteiger charge is -2.37. The van der Waals surface area contributed by atoms with Gasteiger partial charge in [-0.1, -0.05) is 37.6 Å². The van der Waals surface area contributed by atoms with E-state index in [1.807, 2.05) is 24.0 Å². The number of nitrogens with one attached hydrogen (secondary N) is 1. The van der Waals surface area contributed by atoms with Crippen molar-refractivity contribution in [3.63, 3.8) is 0 Å². The van der Waals surface area contributed by atoms with Crippen LogP contribution in [0.5, 0.6) is 0 Å². The van der Waals surface area contributed by atoms with Gasteiger partial charge in [0.15, 0.2) is 5.82 Å². The number of amides is 2. The van der Waals surface area contributed by atoms with Gasteiger partial charge in [-0.3, -0.25) is 0 Å². The highest BCUT2D eigenvalue weighted by molar-refractivity contribution is 6.33. The maximum atomic E-state index is 13.4. The van der Waals surface area contributed by atoms with Gasteiger partial charge >= 0.3 is 6.03 Å². The van der Waals surface area contributed by atoms with Crippen LogP contribution in [0, 0.1) is 0 Å². The summed E-state index contributed by atoms with van der Waals surface area (Å²) in [7, 11) is 0. The summed E-state index contributed by atoms with van der Waals surface area (Å²) in [5, 5.41) is 3.77. The molecule has 2 heterocycles. The number of rotatable bonds is 3.